The molecule has 1 atom stereocenters. The molecule has 0 fully saturated rings. The number of aryl methyl sites for hydroxylation is 2. The standard InChI is InChI=1S/C19H26N4O2/c1-12(2)16-7-6-13(3)17(10-16)25-14(4)19(24)22-8-9-23-15(5)20-21-18(23)11-22/h6-7,10,12,14H,8-9,11H2,1-5H3/t14-/m1/s1. The van der Waals surface area contributed by atoms with Crippen LogP contribution in [0.3, 0.4) is 0 Å². The van der Waals surface area contributed by atoms with Gasteiger partial charge in [-0.2, -0.15) is 0 Å². The van der Waals surface area contributed by atoms with E-state index in [1.54, 1.807) is 4.90 Å². The Balaban J connectivity index is 1.70. The maximum absolute atomic E-state index is 12.8. The molecule has 2 aromatic rings. The summed E-state index contributed by atoms with van der Waals surface area (Å²) in [6, 6.07) is 6.20. The first-order valence-corrected chi connectivity index (χ1v) is 8.81. The zero-order valence-corrected chi connectivity index (χ0v) is 15.6. The summed E-state index contributed by atoms with van der Waals surface area (Å²) in [6.07, 6.45) is -0.531. The average molecular weight is 342 g/mol. The van der Waals surface area contributed by atoms with E-state index in [1.807, 2.05) is 32.9 Å². The molecule has 2 heterocycles. The highest BCUT2D eigenvalue weighted by molar-refractivity contribution is 5.81. The fourth-order valence-electron chi connectivity index (χ4n) is 3.09. The summed E-state index contributed by atoms with van der Waals surface area (Å²) in [6.45, 7) is 11.9. The molecular formula is C19H26N4O2. The predicted molar refractivity (Wildman–Crippen MR) is 95.5 cm³/mol. The predicted octanol–water partition coefficient (Wildman–Crippen LogP) is 2.83. The number of carbonyl (C=O) groups excluding carboxylic acids is 1. The second kappa shape index (κ2) is 6.86. The number of benzene rings is 1. The van der Waals surface area contributed by atoms with Crippen LogP contribution in [0.5, 0.6) is 5.75 Å². The van der Waals surface area contributed by atoms with Crippen molar-refractivity contribution in [2.24, 2.45) is 0 Å². The van der Waals surface area contributed by atoms with Gasteiger partial charge in [0.25, 0.3) is 5.91 Å². The molecule has 6 heteroatoms. The van der Waals surface area contributed by atoms with Crippen molar-refractivity contribution in [3.63, 3.8) is 0 Å². The summed E-state index contributed by atoms with van der Waals surface area (Å²) in [5.41, 5.74) is 2.25. The third kappa shape index (κ3) is 3.52. The number of aromatic nitrogens is 3. The lowest BCUT2D eigenvalue weighted by molar-refractivity contribution is -0.139. The molecule has 1 aliphatic heterocycles. The van der Waals surface area contributed by atoms with E-state index in [-0.39, 0.29) is 5.91 Å². The van der Waals surface area contributed by atoms with E-state index in [1.165, 1.54) is 5.56 Å². The Hall–Kier alpha value is -2.37. The van der Waals surface area contributed by atoms with Gasteiger partial charge in [-0.15, -0.1) is 10.2 Å². The molecule has 0 radical (unpaired) electrons. The minimum Gasteiger partial charge on any atom is -0.481 e. The molecule has 1 aromatic heterocycles. The van der Waals surface area contributed by atoms with E-state index in [0.29, 0.717) is 19.0 Å². The first-order valence-electron chi connectivity index (χ1n) is 8.81. The van der Waals surface area contributed by atoms with Gasteiger partial charge in [-0.25, -0.2) is 0 Å². The Labute approximate surface area is 148 Å². The van der Waals surface area contributed by atoms with E-state index in [2.05, 4.69) is 34.7 Å². The lowest BCUT2D eigenvalue weighted by atomic mass is 10.0. The van der Waals surface area contributed by atoms with Crippen LogP contribution in [-0.2, 0) is 17.9 Å². The molecule has 0 N–H and O–H groups in total. The number of fused-ring (bicyclic) bond motifs is 1. The number of hydrogen-bond donors (Lipinski definition) is 0. The van der Waals surface area contributed by atoms with Crippen molar-refractivity contribution in [1.29, 1.82) is 0 Å². The van der Waals surface area contributed by atoms with Crippen LogP contribution in [0.15, 0.2) is 18.2 Å². The van der Waals surface area contributed by atoms with Crippen LogP contribution in [0, 0.1) is 13.8 Å². The number of ether oxygens (including phenoxy) is 1. The fourth-order valence-corrected chi connectivity index (χ4v) is 3.09. The van der Waals surface area contributed by atoms with Crippen LogP contribution in [-0.4, -0.2) is 38.2 Å². The summed E-state index contributed by atoms with van der Waals surface area (Å²) in [4.78, 5) is 14.6. The van der Waals surface area contributed by atoms with Gasteiger partial charge < -0.3 is 14.2 Å². The molecule has 1 aromatic carbocycles. The third-order valence-electron chi connectivity index (χ3n) is 4.78. The van der Waals surface area contributed by atoms with Crippen LogP contribution in [0.1, 0.15) is 49.5 Å². The first kappa shape index (κ1) is 17.5. The van der Waals surface area contributed by atoms with Gasteiger partial charge in [0.05, 0.1) is 6.54 Å². The minimum absolute atomic E-state index is 0.0127. The van der Waals surface area contributed by atoms with Crippen molar-refractivity contribution in [3.8, 4) is 5.75 Å². The van der Waals surface area contributed by atoms with E-state index in [4.69, 9.17) is 4.74 Å². The lowest BCUT2D eigenvalue weighted by Gasteiger charge is -2.30. The number of amides is 1. The fraction of sp³-hybridized carbons (Fsp3) is 0.526. The summed E-state index contributed by atoms with van der Waals surface area (Å²) < 4.78 is 8.07. The van der Waals surface area contributed by atoms with Gasteiger partial charge in [0.1, 0.15) is 11.6 Å². The largest absolute Gasteiger partial charge is 0.481 e. The van der Waals surface area contributed by atoms with Crippen molar-refractivity contribution in [3.05, 3.63) is 41.0 Å². The highest BCUT2D eigenvalue weighted by Gasteiger charge is 2.28. The van der Waals surface area contributed by atoms with Gasteiger partial charge in [-0.05, 0) is 43.9 Å². The highest BCUT2D eigenvalue weighted by Crippen LogP contribution is 2.25. The number of hydrogen-bond acceptors (Lipinski definition) is 4. The third-order valence-corrected chi connectivity index (χ3v) is 4.78. The molecule has 3 rings (SSSR count). The topological polar surface area (TPSA) is 60.2 Å². The Morgan fingerprint density at radius 1 is 1.16 bits per heavy atom. The molecule has 1 amide bonds. The van der Waals surface area contributed by atoms with Crippen LogP contribution in [0.4, 0.5) is 0 Å². The van der Waals surface area contributed by atoms with Crippen molar-refractivity contribution in [1.82, 2.24) is 19.7 Å². The Morgan fingerprint density at radius 3 is 2.64 bits per heavy atom. The summed E-state index contributed by atoms with van der Waals surface area (Å²) >= 11 is 0. The quantitative estimate of drug-likeness (QED) is 0.857. The highest BCUT2D eigenvalue weighted by atomic mass is 16.5. The number of nitrogens with zero attached hydrogens (tertiary/aromatic N) is 4. The summed E-state index contributed by atoms with van der Waals surface area (Å²) in [5, 5.41) is 8.24. The molecule has 0 saturated heterocycles. The molecule has 0 saturated carbocycles. The second-order valence-corrected chi connectivity index (χ2v) is 7.01. The Bertz CT molecular complexity index is 782. The molecule has 0 spiro atoms. The number of carbonyl (C=O) groups is 1. The van der Waals surface area contributed by atoms with Crippen LogP contribution in [0.25, 0.3) is 0 Å². The van der Waals surface area contributed by atoms with Gasteiger partial charge in [0.2, 0.25) is 0 Å². The Kier molecular flexibility index (Phi) is 4.79. The average Bonchev–Trinajstić information content (AvgIpc) is 2.96. The first-order chi connectivity index (χ1) is 11.9. The maximum Gasteiger partial charge on any atom is 0.263 e. The molecule has 25 heavy (non-hydrogen) atoms. The number of rotatable bonds is 4. The van der Waals surface area contributed by atoms with E-state index < -0.39 is 6.10 Å². The minimum atomic E-state index is -0.531. The van der Waals surface area contributed by atoms with Crippen LogP contribution < -0.4 is 4.74 Å². The van der Waals surface area contributed by atoms with Crippen molar-refractivity contribution in [2.75, 3.05) is 6.54 Å². The Morgan fingerprint density at radius 2 is 1.92 bits per heavy atom. The monoisotopic (exact) mass is 342 g/mol. The smallest absolute Gasteiger partial charge is 0.263 e. The van der Waals surface area contributed by atoms with Gasteiger partial charge in [-0.1, -0.05) is 26.0 Å². The normalized spacial score (nSPS) is 15.2. The van der Waals surface area contributed by atoms with E-state index >= 15 is 0 Å². The molecule has 6 nitrogen and oxygen atoms in total. The van der Waals surface area contributed by atoms with E-state index in [0.717, 1.165) is 29.5 Å². The van der Waals surface area contributed by atoms with Crippen LogP contribution in [0.2, 0.25) is 0 Å². The van der Waals surface area contributed by atoms with Crippen molar-refractivity contribution < 1.29 is 9.53 Å². The molecular weight excluding hydrogens is 316 g/mol. The molecule has 0 bridgehead atoms. The SMILES string of the molecule is Cc1ccc(C(C)C)cc1O[C@H](C)C(=O)N1CCn2c(C)nnc2C1. The second-order valence-electron chi connectivity index (χ2n) is 7.01. The zero-order chi connectivity index (χ0) is 18.1. The molecule has 134 valence electrons. The molecule has 0 unspecified atom stereocenters. The molecule has 1 aliphatic rings. The van der Waals surface area contributed by atoms with Crippen LogP contribution >= 0.6 is 0 Å². The summed E-state index contributed by atoms with van der Waals surface area (Å²) in [7, 11) is 0. The van der Waals surface area contributed by atoms with Gasteiger partial charge in [0, 0.05) is 13.1 Å². The van der Waals surface area contributed by atoms with Gasteiger partial charge in [-0.3, -0.25) is 4.79 Å². The van der Waals surface area contributed by atoms with Crippen molar-refractivity contribution in [2.45, 2.75) is 59.7 Å². The van der Waals surface area contributed by atoms with E-state index in [9.17, 15) is 4.79 Å². The zero-order valence-electron chi connectivity index (χ0n) is 15.6. The molecule has 0 aliphatic carbocycles. The van der Waals surface area contributed by atoms with Gasteiger partial charge >= 0.3 is 0 Å². The van der Waals surface area contributed by atoms with Crippen molar-refractivity contribution >= 4 is 5.91 Å². The maximum atomic E-state index is 12.8. The summed E-state index contributed by atoms with van der Waals surface area (Å²) in [5.74, 6) is 2.92. The lowest BCUT2D eigenvalue weighted by Crippen LogP contribution is -2.44. The van der Waals surface area contributed by atoms with Gasteiger partial charge in [0.15, 0.2) is 11.9 Å².